The van der Waals surface area contributed by atoms with Crippen molar-refractivity contribution < 1.29 is 9.59 Å². The Balaban J connectivity index is 2.58. The Morgan fingerprint density at radius 3 is 2.33 bits per heavy atom. The summed E-state index contributed by atoms with van der Waals surface area (Å²) in [5.41, 5.74) is 0.556. The highest BCUT2D eigenvalue weighted by Crippen LogP contribution is 2.13. The van der Waals surface area contributed by atoms with Gasteiger partial charge in [0.05, 0.1) is 0 Å². The van der Waals surface area contributed by atoms with E-state index in [9.17, 15) is 9.59 Å². The molecular formula is C13H23N3O2. The summed E-state index contributed by atoms with van der Waals surface area (Å²) in [6.07, 6.45) is 2.46. The fourth-order valence-corrected chi connectivity index (χ4v) is 1.73. The number of rotatable bonds is 1. The first-order valence-corrected chi connectivity index (χ1v) is 6.18. The van der Waals surface area contributed by atoms with Crippen molar-refractivity contribution in [3.63, 3.8) is 0 Å². The number of nitrogens with one attached hydrogen (secondary N) is 1. The molecule has 1 rings (SSSR count). The van der Waals surface area contributed by atoms with Gasteiger partial charge in [-0.15, -0.1) is 0 Å². The lowest BCUT2D eigenvalue weighted by molar-refractivity contribution is -0.125. The van der Waals surface area contributed by atoms with Crippen LogP contribution in [0.3, 0.4) is 0 Å². The summed E-state index contributed by atoms with van der Waals surface area (Å²) < 4.78 is 0. The third-order valence-electron chi connectivity index (χ3n) is 2.66. The zero-order valence-corrected chi connectivity index (χ0v) is 11.9. The number of hydrogen-bond donors (Lipinski definition) is 1. The lowest BCUT2D eigenvalue weighted by Gasteiger charge is -2.30. The predicted molar refractivity (Wildman–Crippen MR) is 71.3 cm³/mol. The Labute approximate surface area is 109 Å². The number of amides is 3. The Morgan fingerprint density at radius 1 is 1.33 bits per heavy atom. The highest BCUT2D eigenvalue weighted by atomic mass is 16.2. The Bertz CT molecular complexity index is 367. The summed E-state index contributed by atoms with van der Waals surface area (Å²) in [4.78, 5) is 26.9. The van der Waals surface area contributed by atoms with Crippen LogP contribution in [0.1, 0.15) is 27.2 Å². The molecule has 1 N–H and O–H groups in total. The van der Waals surface area contributed by atoms with Crippen LogP contribution < -0.4 is 5.32 Å². The third-order valence-corrected chi connectivity index (χ3v) is 2.66. The van der Waals surface area contributed by atoms with Crippen molar-refractivity contribution in [2.24, 2.45) is 0 Å². The van der Waals surface area contributed by atoms with E-state index in [4.69, 9.17) is 0 Å². The van der Waals surface area contributed by atoms with Gasteiger partial charge in [0.15, 0.2) is 0 Å². The summed E-state index contributed by atoms with van der Waals surface area (Å²) in [6.45, 7) is 6.94. The van der Waals surface area contributed by atoms with Crippen LogP contribution in [0.4, 0.5) is 4.79 Å². The largest absolute Gasteiger partial charge is 0.345 e. The van der Waals surface area contributed by atoms with E-state index < -0.39 is 0 Å². The second-order valence-corrected chi connectivity index (χ2v) is 5.81. The van der Waals surface area contributed by atoms with Gasteiger partial charge in [-0.1, -0.05) is 6.08 Å². The molecule has 0 bridgehead atoms. The van der Waals surface area contributed by atoms with E-state index >= 15 is 0 Å². The van der Waals surface area contributed by atoms with Crippen molar-refractivity contribution in [2.75, 3.05) is 27.2 Å². The highest BCUT2D eigenvalue weighted by molar-refractivity contribution is 5.93. The molecule has 18 heavy (non-hydrogen) atoms. The third kappa shape index (κ3) is 4.05. The minimum Gasteiger partial charge on any atom is -0.345 e. The molecule has 0 fully saturated rings. The summed E-state index contributed by atoms with van der Waals surface area (Å²) in [7, 11) is 3.48. The van der Waals surface area contributed by atoms with E-state index in [0.29, 0.717) is 19.5 Å². The van der Waals surface area contributed by atoms with Crippen LogP contribution in [-0.4, -0.2) is 54.5 Å². The van der Waals surface area contributed by atoms with Crippen molar-refractivity contribution in [1.82, 2.24) is 15.1 Å². The first-order chi connectivity index (χ1) is 8.20. The molecule has 0 aromatic carbocycles. The molecule has 0 aromatic rings. The summed E-state index contributed by atoms with van der Waals surface area (Å²) in [6, 6.07) is -0.0740. The summed E-state index contributed by atoms with van der Waals surface area (Å²) >= 11 is 0. The maximum atomic E-state index is 11.9. The lowest BCUT2D eigenvalue weighted by Crippen LogP contribution is -2.50. The van der Waals surface area contributed by atoms with Crippen LogP contribution in [0.2, 0.25) is 0 Å². The molecule has 0 spiro atoms. The van der Waals surface area contributed by atoms with E-state index in [2.05, 4.69) is 5.32 Å². The molecule has 5 nitrogen and oxygen atoms in total. The van der Waals surface area contributed by atoms with Gasteiger partial charge in [0, 0.05) is 38.3 Å². The molecule has 1 aliphatic heterocycles. The Kier molecular flexibility index (Phi) is 4.38. The van der Waals surface area contributed by atoms with Crippen molar-refractivity contribution in [3.05, 3.63) is 11.6 Å². The van der Waals surface area contributed by atoms with Gasteiger partial charge < -0.3 is 15.1 Å². The molecule has 3 amide bonds. The predicted octanol–water partition coefficient (Wildman–Crippen LogP) is 1.21. The smallest absolute Gasteiger partial charge is 0.318 e. The molecule has 1 heterocycles. The van der Waals surface area contributed by atoms with Gasteiger partial charge in [0.25, 0.3) is 0 Å². The topological polar surface area (TPSA) is 52.7 Å². The van der Waals surface area contributed by atoms with Crippen molar-refractivity contribution in [1.29, 1.82) is 0 Å². The molecule has 0 saturated carbocycles. The van der Waals surface area contributed by atoms with Crippen molar-refractivity contribution in [3.8, 4) is 0 Å². The zero-order valence-electron chi connectivity index (χ0n) is 11.9. The van der Waals surface area contributed by atoms with Crippen LogP contribution in [0.5, 0.6) is 0 Å². The normalized spacial score (nSPS) is 16.1. The van der Waals surface area contributed by atoms with Crippen LogP contribution in [-0.2, 0) is 4.79 Å². The molecule has 1 aliphatic rings. The van der Waals surface area contributed by atoms with Crippen molar-refractivity contribution >= 4 is 11.9 Å². The van der Waals surface area contributed by atoms with E-state index in [1.54, 1.807) is 23.9 Å². The molecule has 102 valence electrons. The maximum Gasteiger partial charge on any atom is 0.318 e. The molecule has 0 radical (unpaired) electrons. The Morgan fingerprint density at radius 2 is 1.94 bits per heavy atom. The molecular weight excluding hydrogens is 230 g/mol. The zero-order chi connectivity index (χ0) is 13.9. The second-order valence-electron chi connectivity index (χ2n) is 5.81. The second kappa shape index (κ2) is 5.42. The molecule has 0 aromatic heterocycles. The highest BCUT2D eigenvalue weighted by Gasteiger charge is 2.23. The fourth-order valence-electron chi connectivity index (χ4n) is 1.73. The van der Waals surface area contributed by atoms with Gasteiger partial charge in [0.1, 0.15) is 0 Å². The molecule has 5 heteroatoms. The van der Waals surface area contributed by atoms with Crippen LogP contribution in [0.25, 0.3) is 0 Å². The number of nitrogens with zero attached hydrogens (tertiary/aromatic N) is 2. The lowest BCUT2D eigenvalue weighted by atomic mass is 10.1. The number of urea groups is 1. The van der Waals surface area contributed by atoms with E-state index in [1.165, 1.54) is 0 Å². The van der Waals surface area contributed by atoms with Crippen molar-refractivity contribution in [2.45, 2.75) is 32.7 Å². The van der Waals surface area contributed by atoms with Gasteiger partial charge in [0.2, 0.25) is 5.91 Å². The first kappa shape index (κ1) is 14.5. The molecule has 0 saturated heterocycles. The van der Waals surface area contributed by atoms with E-state index in [0.717, 1.165) is 5.57 Å². The average Bonchev–Trinajstić information content (AvgIpc) is 2.26. The minimum absolute atomic E-state index is 0.0332. The number of carbonyl (C=O) groups is 2. The Hall–Kier alpha value is -1.52. The minimum atomic E-state index is -0.236. The van der Waals surface area contributed by atoms with Crippen LogP contribution >= 0.6 is 0 Å². The van der Waals surface area contributed by atoms with Gasteiger partial charge in [-0.3, -0.25) is 4.79 Å². The number of carbonyl (C=O) groups excluding carboxylic acids is 2. The number of hydrogen-bond acceptors (Lipinski definition) is 2. The SMILES string of the molecule is CN(C)C(=O)C1=CCN(C(=O)NC(C)(C)C)CC1. The monoisotopic (exact) mass is 253 g/mol. The molecule has 0 unspecified atom stereocenters. The standard InChI is InChI=1S/C13H23N3O2/c1-13(2,3)14-12(18)16-8-6-10(7-9-16)11(17)15(4)5/h6H,7-9H2,1-5H3,(H,14,18). The quantitative estimate of drug-likeness (QED) is 0.764. The van der Waals surface area contributed by atoms with Crippen LogP contribution in [0, 0.1) is 0 Å². The van der Waals surface area contributed by atoms with Gasteiger partial charge in [-0.05, 0) is 27.2 Å². The maximum absolute atomic E-state index is 11.9. The summed E-state index contributed by atoms with van der Waals surface area (Å²) in [5, 5.41) is 2.92. The van der Waals surface area contributed by atoms with Crippen LogP contribution in [0.15, 0.2) is 11.6 Å². The fraction of sp³-hybridized carbons (Fsp3) is 0.692. The van der Waals surface area contributed by atoms with Gasteiger partial charge in [-0.2, -0.15) is 0 Å². The number of likely N-dealkylation sites (N-methyl/N-ethyl adjacent to an activating group) is 1. The van der Waals surface area contributed by atoms with Gasteiger partial charge in [-0.25, -0.2) is 4.79 Å². The summed E-state index contributed by atoms with van der Waals surface area (Å²) in [5.74, 6) is 0.0332. The van der Waals surface area contributed by atoms with E-state index in [-0.39, 0.29) is 17.5 Å². The van der Waals surface area contributed by atoms with Gasteiger partial charge >= 0.3 is 6.03 Å². The molecule has 0 aliphatic carbocycles. The first-order valence-electron chi connectivity index (χ1n) is 6.18. The van der Waals surface area contributed by atoms with E-state index in [1.807, 2.05) is 26.8 Å². The molecule has 0 atom stereocenters. The average molecular weight is 253 g/mol.